The number of hydrogen-bond donors (Lipinski definition) is 1. The molecule has 0 bridgehead atoms. The number of nitrogens with two attached hydrogens (primary N) is 1. The molecule has 1 heterocycles. The van der Waals surface area contributed by atoms with Crippen LogP contribution >= 0.6 is 0 Å². The lowest BCUT2D eigenvalue weighted by Gasteiger charge is -2.01. The summed E-state index contributed by atoms with van der Waals surface area (Å²) in [6.45, 7) is 2.24. The minimum Gasteiger partial charge on any atom is -0.488 e. The average Bonchev–Trinajstić information content (AvgIpc) is 2.08. The molecule has 0 radical (unpaired) electrons. The molecule has 1 rings (SSSR count). The van der Waals surface area contributed by atoms with Crippen LogP contribution in [0.15, 0.2) is 12.1 Å². The highest BCUT2D eigenvalue weighted by atomic mass is 16.6. The van der Waals surface area contributed by atoms with E-state index in [-0.39, 0.29) is 11.6 Å². The largest absolute Gasteiger partial charge is 0.488 e. The van der Waals surface area contributed by atoms with Crippen molar-refractivity contribution in [2.24, 2.45) is 0 Å². The van der Waals surface area contributed by atoms with E-state index in [0.29, 0.717) is 12.4 Å². The van der Waals surface area contributed by atoms with Crippen LogP contribution < -0.4 is 10.5 Å². The molecule has 6 nitrogen and oxygen atoms in total. The molecule has 0 saturated heterocycles. The van der Waals surface area contributed by atoms with Crippen molar-refractivity contribution in [3.8, 4) is 5.75 Å². The molecule has 0 aliphatic rings. The van der Waals surface area contributed by atoms with E-state index in [1.165, 1.54) is 12.1 Å². The molecular weight excluding hydrogens is 174 g/mol. The van der Waals surface area contributed by atoms with Gasteiger partial charge in [0, 0.05) is 6.07 Å². The zero-order chi connectivity index (χ0) is 9.84. The first-order valence-corrected chi connectivity index (χ1v) is 3.69. The van der Waals surface area contributed by atoms with Gasteiger partial charge in [-0.1, -0.05) is 0 Å². The maximum Gasteiger partial charge on any atom is 0.366 e. The summed E-state index contributed by atoms with van der Waals surface area (Å²) in [7, 11) is 0. The van der Waals surface area contributed by atoms with E-state index in [2.05, 4.69) is 4.98 Å². The quantitative estimate of drug-likeness (QED) is 0.556. The van der Waals surface area contributed by atoms with E-state index in [1.807, 2.05) is 0 Å². The Morgan fingerprint density at radius 3 is 2.85 bits per heavy atom. The number of nitro groups is 1. The normalized spacial score (nSPS) is 9.62. The fraction of sp³-hybridized carbons (Fsp3) is 0.286. The van der Waals surface area contributed by atoms with E-state index in [4.69, 9.17) is 10.5 Å². The highest BCUT2D eigenvalue weighted by Gasteiger charge is 2.12. The van der Waals surface area contributed by atoms with Crippen LogP contribution in [-0.4, -0.2) is 16.5 Å². The molecular formula is C7H9N3O3. The Morgan fingerprint density at radius 1 is 1.69 bits per heavy atom. The first-order valence-electron chi connectivity index (χ1n) is 3.69. The molecule has 0 atom stereocenters. The molecule has 0 aliphatic carbocycles. The van der Waals surface area contributed by atoms with Gasteiger partial charge in [0.15, 0.2) is 5.75 Å². The Hall–Kier alpha value is -1.85. The van der Waals surface area contributed by atoms with E-state index in [9.17, 15) is 10.1 Å². The number of ether oxygens (including phenoxy) is 1. The zero-order valence-corrected chi connectivity index (χ0v) is 7.06. The van der Waals surface area contributed by atoms with Gasteiger partial charge in [-0.15, -0.1) is 0 Å². The first kappa shape index (κ1) is 9.24. The topological polar surface area (TPSA) is 91.3 Å². The fourth-order valence-corrected chi connectivity index (χ4v) is 0.831. The number of anilines is 1. The number of aromatic nitrogens is 1. The predicted molar refractivity (Wildman–Crippen MR) is 46.5 cm³/mol. The first-order chi connectivity index (χ1) is 6.15. The second kappa shape index (κ2) is 3.70. The van der Waals surface area contributed by atoms with Crippen molar-refractivity contribution in [1.82, 2.24) is 4.98 Å². The minimum atomic E-state index is -0.605. The maximum absolute atomic E-state index is 10.3. The number of pyridine rings is 1. The van der Waals surface area contributed by atoms with Crippen LogP contribution in [0.2, 0.25) is 0 Å². The lowest BCUT2D eigenvalue weighted by molar-refractivity contribution is -0.389. The molecule has 1 aromatic heterocycles. The van der Waals surface area contributed by atoms with Gasteiger partial charge in [0.1, 0.15) is 0 Å². The van der Waals surface area contributed by atoms with Crippen LogP contribution in [0.5, 0.6) is 5.75 Å². The third-order valence-electron chi connectivity index (χ3n) is 1.36. The summed E-state index contributed by atoms with van der Waals surface area (Å²) in [6, 6.07) is 2.69. The Balaban J connectivity index is 2.98. The van der Waals surface area contributed by atoms with Crippen LogP contribution in [0.3, 0.4) is 0 Å². The van der Waals surface area contributed by atoms with Gasteiger partial charge in [0.05, 0.1) is 6.61 Å². The Bertz CT molecular complexity index is 327. The molecule has 0 aliphatic heterocycles. The van der Waals surface area contributed by atoms with E-state index in [1.54, 1.807) is 6.92 Å². The highest BCUT2D eigenvalue weighted by Crippen LogP contribution is 2.21. The molecule has 1 aromatic rings. The van der Waals surface area contributed by atoms with E-state index < -0.39 is 4.92 Å². The molecule has 0 amide bonds. The van der Waals surface area contributed by atoms with Crippen LogP contribution in [0.4, 0.5) is 11.6 Å². The Labute approximate surface area is 74.5 Å². The number of hydrogen-bond acceptors (Lipinski definition) is 5. The third-order valence-corrected chi connectivity index (χ3v) is 1.36. The molecule has 0 fully saturated rings. The van der Waals surface area contributed by atoms with Crippen molar-refractivity contribution in [1.29, 1.82) is 0 Å². The van der Waals surface area contributed by atoms with Gasteiger partial charge in [-0.05, 0) is 22.9 Å². The number of nitrogens with zero attached hydrogens (tertiary/aromatic N) is 2. The second-order valence-corrected chi connectivity index (χ2v) is 2.24. The molecule has 0 saturated carbocycles. The smallest absolute Gasteiger partial charge is 0.366 e. The molecule has 6 heteroatoms. The van der Waals surface area contributed by atoms with Crippen LogP contribution in [-0.2, 0) is 0 Å². The van der Waals surface area contributed by atoms with Gasteiger partial charge in [0.2, 0.25) is 0 Å². The average molecular weight is 183 g/mol. The molecule has 2 N–H and O–H groups in total. The van der Waals surface area contributed by atoms with Crippen molar-refractivity contribution in [2.75, 3.05) is 12.3 Å². The van der Waals surface area contributed by atoms with Crippen molar-refractivity contribution in [3.05, 3.63) is 22.2 Å². The standard InChI is InChI=1S/C7H9N3O3/c1-2-13-5-3-4-6(10(11)12)9-7(5)8/h3-4H,2H2,1H3,(H2,8,9). The van der Waals surface area contributed by atoms with Crippen molar-refractivity contribution < 1.29 is 9.66 Å². The number of nitrogen functional groups attached to an aromatic ring is 1. The second-order valence-electron chi connectivity index (χ2n) is 2.24. The third kappa shape index (κ3) is 2.05. The molecule has 0 spiro atoms. The van der Waals surface area contributed by atoms with Gasteiger partial charge in [-0.2, -0.15) is 0 Å². The summed E-state index contributed by atoms with van der Waals surface area (Å²) in [6.07, 6.45) is 0. The minimum absolute atomic E-state index is 0.0380. The van der Waals surface area contributed by atoms with Crippen LogP contribution in [0.1, 0.15) is 6.92 Å². The molecule has 13 heavy (non-hydrogen) atoms. The van der Waals surface area contributed by atoms with Crippen LogP contribution in [0, 0.1) is 10.1 Å². The van der Waals surface area contributed by atoms with E-state index >= 15 is 0 Å². The molecule has 70 valence electrons. The number of rotatable bonds is 3. The molecule has 0 unspecified atom stereocenters. The summed E-state index contributed by atoms with van der Waals surface area (Å²) in [5.74, 6) is 0.130. The Morgan fingerprint density at radius 2 is 2.38 bits per heavy atom. The van der Waals surface area contributed by atoms with Gasteiger partial charge in [-0.3, -0.25) is 0 Å². The van der Waals surface area contributed by atoms with Crippen LogP contribution in [0.25, 0.3) is 0 Å². The van der Waals surface area contributed by atoms with Crippen molar-refractivity contribution in [2.45, 2.75) is 6.92 Å². The lowest BCUT2D eigenvalue weighted by Crippen LogP contribution is -2.01. The van der Waals surface area contributed by atoms with Gasteiger partial charge in [-0.25, -0.2) is 0 Å². The van der Waals surface area contributed by atoms with Gasteiger partial charge in [0.25, 0.3) is 5.82 Å². The van der Waals surface area contributed by atoms with Crippen molar-refractivity contribution in [3.63, 3.8) is 0 Å². The zero-order valence-electron chi connectivity index (χ0n) is 7.06. The highest BCUT2D eigenvalue weighted by molar-refractivity contribution is 5.48. The Kier molecular flexibility index (Phi) is 2.63. The van der Waals surface area contributed by atoms with Crippen molar-refractivity contribution >= 4 is 11.6 Å². The summed E-state index contributed by atoms with van der Waals surface area (Å²) in [5.41, 5.74) is 5.40. The summed E-state index contributed by atoms with van der Waals surface area (Å²) in [5, 5.41) is 10.3. The summed E-state index contributed by atoms with van der Waals surface area (Å²) < 4.78 is 5.06. The van der Waals surface area contributed by atoms with Gasteiger partial charge >= 0.3 is 5.82 Å². The van der Waals surface area contributed by atoms with E-state index in [0.717, 1.165) is 0 Å². The summed E-state index contributed by atoms with van der Waals surface area (Å²) in [4.78, 5) is 13.2. The predicted octanol–water partition coefficient (Wildman–Crippen LogP) is 0.971. The summed E-state index contributed by atoms with van der Waals surface area (Å²) >= 11 is 0. The monoisotopic (exact) mass is 183 g/mol. The fourth-order valence-electron chi connectivity index (χ4n) is 0.831. The van der Waals surface area contributed by atoms with Gasteiger partial charge < -0.3 is 20.6 Å². The SMILES string of the molecule is CCOc1ccc([N+](=O)[O-])nc1N. The lowest BCUT2D eigenvalue weighted by atomic mass is 10.4. The molecule has 0 aromatic carbocycles. The maximum atomic E-state index is 10.3.